The van der Waals surface area contributed by atoms with Crippen molar-refractivity contribution in [3.8, 4) is 11.5 Å². The van der Waals surface area contributed by atoms with E-state index in [1.165, 1.54) is 6.07 Å². The highest BCUT2D eigenvalue weighted by atomic mass is 35.5. The van der Waals surface area contributed by atoms with Crippen LogP contribution < -0.4 is 14.4 Å². The van der Waals surface area contributed by atoms with E-state index in [1.54, 1.807) is 68.5 Å². The molecule has 0 aromatic heterocycles. The SMILES string of the molecule is COc1ccc(/C=C2\C=C(c3ccc(Cl)cc3)N(c3ccc(F)c(C)c3)C2=O)cc1OC. The molecule has 0 atom stereocenters. The summed E-state index contributed by atoms with van der Waals surface area (Å²) >= 11 is 6.05. The molecule has 4 nitrogen and oxygen atoms in total. The quantitative estimate of drug-likeness (QED) is 0.430. The summed E-state index contributed by atoms with van der Waals surface area (Å²) in [5.41, 5.74) is 3.83. The maximum atomic E-state index is 13.9. The Morgan fingerprint density at radius 1 is 0.938 bits per heavy atom. The molecule has 0 unspecified atom stereocenters. The minimum absolute atomic E-state index is 0.212. The highest BCUT2D eigenvalue weighted by molar-refractivity contribution is 6.30. The fourth-order valence-electron chi connectivity index (χ4n) is 3.60. The number of hydrogen-bond acceptors (Lipinski definition) is 3. The summed E-state index contributed by atoms with van der Waals surface area (Å²) < 4.78 is 24.5. The molecular weight excluding hydrogens is 429 g/mol. The van der Waals surface area contributed by atoms with Gasteiger partial charge in [-0.05, 0) is 78.2 Å². The molecule has 6 heteroatoms. The lowest BCUT2D eigenvalue weighted by atomic mass is 10.1. The van der Waals surface area contributed by atoms with Crippen LogP contribution in [0.15, 0.2) is 72.3 Å². The number of benzene rings is 3. The van der Waals surface area contributed by atoms with Crippen LogP contribution in [0.25, 0.3) is 11.8 Å². The molecule has 3 aromatic carbocycles. The number of aryl methyl sites for hydroxylation is 1. The van der Waals surface area contributed by atoms with E-state index in [1.807, 2.05) is 24.3 Å². The third kappa shape index (κ3) is 4.12. The van der Waals surface area contributed by atoms with Crippen molar-refractivity contribution < 1.29 is 18.7 Å². The lowest BCUT2D eigenvalue weighted by Crippen LogP contribution is -2.25. The van der Waals surface area contributed by atoms with Crippen molar-refractivity contribution >= 4 is 35.0 Å². The number of ether oxygens (including phenoxy) is 2. The average Bonchev–Trinajstić information content (AvgIpc) is 3.12. The molecular formula is C26H21ClFNO3. The molecule has 0 saturated heterocycles. The molecule has 4 rings (SSSR count). The molecule has 0 bridgehead atoms. The maximum absolute atomic E-state index is 13.9. The van der Waals surface area contributed by atoms with Crippen molar-refractivity contribution in [1.29, 1.82) is 0 Å². The largest absolute Gasteiger partial charge is 0.493 e. The number of carbonyl (C=O) groups is 1. The Balaban J connectivity index is 1.82. The first-order chi connectivity index (χ1) is 15.4. The van der Waals surface area contributed by atoms with E-state index in [9.17, 15) is 9.18 Å². The van der Waals surface area contributed by atoms with Gasteiger partial charge in [-0.2, -0.15) is 0 Å². The Hall–Kier alpha value is -3.57. The minimum Gasteiger partial charge on any atom is -0.493 e. The van der Waals surface area contributed by atoms with Crippen LogP contribution in [0.5, 0.6) is 11.5 Å². The molecule has 1 aliphatic heterocycles. The molecule has 32 heavy (non-hydrogen) atoms. The molecule has 0 saturated carbocycles. The van der Waals surface area contributed by atoms with E-state index in [0.717, 1.165) is 11.1 Å². The average molecular weight is 450 g/mol. The van der Waals surface area contributed by atoms with Gasteiger partial charge >= 0.3 is 0 Å². The number of hydrogen-bond donors (Lipinski definition) is 0. The van der Waals surface area contributed by atoms with E-state index >= 15 is 0 Å². The van der Waals surface area contributed by atoms with Gasteiger partial charge in [0.1, 0.15) is 5.82 Å². The first-order valence-corrected chi connectivity index (χ1v) is 10.3. The van der Waals surface area contributed by atoms with Gasteiger partial charge in [-0.1, -0.05) is 29.8 Å². The van der Waals surface area contributed by atoms with Gasteiger partial charge in [0.2, 0.25) is 0 Å². The Morgan fingerprint density at radius 2 is 1.66 bits per heavy atom. The lowest BCUT2D eigenvalue weighted by molar-refractivity contribution is -0.113. The molecule has 162 valence electrons. The van der Waals surface area contributed by atoms with E-state index in [4.69, 9.17) is 21.1 Å². The Morgan fingerprint density at radius 3 is 2.31 bits per heavy atom. The molecule has 0 fully saturated rings. The Bertz CT molecular complexity index is 1250. The third-order valence-corrected chi connectivity index (χ3v) is 5.50. The van der Waals surface area contributed by atoms with Crippen LogP contribution in [0.3, 0.4) is 0 Å². The van der Waals surface area contributed by atoms with Gasteiger partial charge in [0.15, 0.2) is 11.5 Å². The van der Waals surface area contributed by atoms with Crippen LogP contribution >= 0.6 is 11.6 Å². The van der Waals surface area contributed by atoms with Gasteiger partial charge in [0.25, 0.3) is 5.91 Å². The summed E-state index contributed by atoms with van der Waals surface area (Å²) in [6.45, 7) is 1.67. The number of carbonyl (C=O) groups excluding carboxylic acids is 1. The standard InChI is InChI=1S/C26H21ClFNO3/c1-16-12-21(9-10-22(16)28)29-23(18-5-7-20(27)8-6-18)15-19(26(29)30)13-17-4-11-24(31-2)25(14-17)32-3/h4-15H,1-3H3/b19-13+. The topological polar surface area (TPSA) is 38.8 Å². The Labute approximate surface area is 191 Å². The van der Waals surface area contributed by atoms with Gasteiger partial charge in [0.05, 0.1) is 19.9 Å². The van der Waals surface area contributed by atoms with Gasteiger partial charge in [0, 0.05) is 16.3 Å². The number of amides is 1. The normalized spacial score (nSPS) is 14.7. The monoisotopic (exact) mass is 449 g/mol. The maximum Gasteiger partial charge on any atom is 0.262 e. The van der Waals surface area contributed by atoms with Crippen molar-refractivity contribution in [3.63, 3.8) is 0 Å². The molecule has 0 aliphatic carbocycles. The summed E-state index contributed by atoms with van der Waals surface area (Å²) in [5, 5.41) is 0.601. The van der Waals surface area contributed by atoms with Crippen LogP contribution in [0.1, 0.15) is 16.7 Å². The third-order valence-electron chi connectivity index (χ3n) is 5.25. The second-order valence-electron chi connectivity index (χ2n) is 7.32. The summed E-state index contributed by atoms with van der Waals surface area (Å²) in [4.78, 5) is 15.1. The van der Waals surface area contributed by atoms with Crippen molar-refractivity contribution in [2.45, 2.75) is 6.92 Å². The van der Waals surface area contributed by atoms with Crippen molar-refractivity contribution in [1.82, 2.24) is 0 Å². The first-order valence-electron chi connectivity index (χ1n) is 9.93. The van der Waals surface area contributed by atoms with Crippen LogP contribution in [0.2, 0.25) is 5.02 Å². The highest BCUT2D eigenvalue weighted by Crippen LogP contribution is 2.37. The zero-order valence-electron chi connectivity index (χ0n) is 17.9. The summed E-state index contributed by atoms with van der Waals surface area (Å²) in [6.07, 6.45) is 3.61. The molecule has 1 amide bonds. The highest BCUT2D eigenvalue weighted by Gasteiger charge is 2.30. The molecule has 3 aromatic rings. The number of anilines is 1. The minimum atomic E-state index is -0.321. The predicted molar refractivity (Wildman–Crippen MR) is 126 cm³/mol. The number of halogens is 2. The van der Waals surface area contributed by atoms with E-state index in [0.29, 0.717) is 39.0 Å². The molecule has 1 heterocycles. The molecule has 0 N–H and O–H groups in total. The second kappa shape index (κ2) is 8.89. The zero-order valence-corrected chi connectivity index (χ0v) is 18.6. The number of rotatable bonds is 5. The lowest BCUT2D eigenvalue weighted by Gasteiger charge is -2.21. The summed E-state index contributed by atoms with van der Waals surface area (Å²) in [7, 11) is 3.13. The number of methoxy groups -OCH3 is 2. The van der Waals surface area contributed by atoms with Crippen molar-refractivity contribution in [3.05, 3.63) is 99.8 Å². The fourth-order valence-corrected chi connectivity index (χ4v) is 3.72. The van der Waals surface area contributed by atoms with Crippen LogP contribution in [0.4, 0.5) is 10.1 Å². The molecule has 0 spiro atoms. The van der Waals surface area contributed by atoms with Gasteiger partial charge < -0.3 is 9.47 Å². The summed E-state index contributed by atoms with van der Waals surface area (Å²) in [5.74, 6) is 0.641. The van der Waals surface area contributed by atoms with E-state index in [-0.39, 0.29) is 11.7 Å². The molecule has 1 aliphatic rings. The first kappa shape index (κ1) is 21.7. The Kier molecular flexibility index (Phi) is 6.01. The van der Waals surface area contributed by atoms with Crippen LogP contribution in [-0.2, 0) is 4.79 Å². The van der Waals surface area contributed by atoms with Crippen LogP contribution in [0, 0.1) is 12.7 Å². The summed E-state index contributed by atoms with van der Waals surface area (Å²) in [6, 6.07) is 17.3. The van der Waals surface area contributed by atoms with Gasteiger partial charge in [-0.3, -0.25) is 9.69 Å². The fraction of sp³-hybridized carbons (Fsp3) is 0.115. The van der Waals surface area contributed by atoms with Crippen molar-refractivity contribution in [2.24, 2.45) is 0 Å². The smallest absolute Gasteiger partial charge is 0.262 e. The predicted octanol–water partition coefficient (Wildman–Crippen LogP) is 6.28. The van der Waals surface area contributed by atoms with Crippen LogP contribution in [-0.4, -0.2) is 20.1 Å². The number of nitrogens with zero attached hydrogens (tertiary/aromatic N) is 1. The zero-order chi connectivity index (χ0) is 22.8. The van der Waals surface area contributed by atoms with Gasteiger partial charge in [-0.15, -0.1) is 0 Å². The van der Waals surface area contributed by atoms with Gasteiger partial charge in [-0.25, -0.2) is 4.39 Å². The molecule has 0 radical (unpaired) electrons. The second-order valence-corrected chi connectivity index (χ2v) is 7.76. The van der Waals surface area contributed by atoms with E-state index in [2.05, 4.69) is 0 Å². The van der Waals surface area contributed by atoms with Crippen molar-refractivity contribution in [2.75, 3.05) is 19.1 Å². The van der Waals surface area contributed by atoms with E-state index < -0.39 is 0 Å².